The van der Waals surface area contributed by atoms with E-state index in [0.29, 0.717) is 19.3 Å². The number of ether oxygens (including phenoxy) is 3. The Labute approximate surface area is 468 Å². The normalized spacial score (nSPS) is 13.0. The van der Waals surface area contributed by atoms with Crippen LogP contribution in [0.4, 0.5) is 0 Å². The molecule has 0 bridgehead atoms. The summed E-state index contributed by atoms with van der Waals surface area (Å²) in [5.74, 6) is -0.922. The highest BCUT2D eigenvalue weighted by molar-refractivity contribution is 5.71. The molecule has 0 radical (unpaired) electrons. The Morgan fingerprint density at radius 2 is 0.513 bits per heavy atom. The van der Waals surface area contributed by atoms with E-state index < -0.39 is 6.10 Å². The van der Waals surface area contributed by atoms with E-state index in [1.807, 2.05) is 0 Å². The molecule has 0 aromatic rings. The van der Waals surface area contributed by atoms with Gasteiger partial charge in [0.05, 0.1) is 0 Å². The van der Waals surface area contributed by atoms with Crippen LogP contribution in [-0.2, 0) is 28.6 Å². The van der Waals surface area contributed by atoms with Crippen LogP contribution in [0.5, 0.6) is 0 Å². The van der Waals surface area contributed by atoms with Gasteiger partial charge in [-0.1, -0.05) is 257 Å². The average molecular weight is 1050 g/mol. The molecule has 76 heavy (non-hydrogen) atoms. The van der Waals surface area contributed by atoms with Crippen molar-refractivity contribution in [2.75, 3.05) is 13.2 Å². The summed E-state index contributed by atoms with van der Waals surface area (Å²) in [7, 11) is 0. The Balaban J connectivity index is 4.33. The minimum Gasteiger partial charge on any atom is -0.462 e. The van der Waals surface area contributed by atoms with Gasteiger partial charge in [-0.2, -0.15) is 0 Å². The van der Waals surface area contributed by atoms with Gasteiger partial charge in [-0.25, -0.2) is 0 Å². The third-order valence-electron chi connectivity index (χ3n) is 12.9. The molecule has 1 atom stereocenters. The second-order valence-electron chi connectivity index (χ2n) is 20.2. The van der Waals surface area contributed by atoms with Gasteiger partial charge in [-0.05, 0) is 128 Å². The van der Waals surface area contributed by atoms with Crippen molar-refractivity contribution in [3.63, 3.8) is 0 Å². The molecule has 0 aliphatic rings. The lowest BCUT2D eigenvalue weighted by molar-refractivity contribution is -0.167. The largest absolute Gasteiger partial charge is 0.462 e. The average Bonchev–Trinajstić information content (AvgIpc) is 3.42. The summed E-state index contributed by atoms with van der Waals surface area (Å²) in [4.78, 5) is 38.2. The van der Waals surface area contributed by atoms with Crippen LogP contribution in [-0.4, -0.2) is 37.2 Å². The Kier molecular flexibility index (Phi) is 59.4. The van der Waals surface area contributed by atoms with E-state index >= 15 is 0 Å². The molecule has 0 fully saturated rings. The van der Waals surface area contributed by atoms with Crippen LogP contribution in [0.2, 0.25) is 0 Å². The smallest absolute Gasteiger partial charge is 0.306 e. The van der Waals surface area contributed by atoms with Gasteiger partial charge < -0.3 is 14.2 Å². The maximum absolute atomic E-state index is 12.9. The van der Waals surface area contributed by atoms with E-state index in [-0.39, 0.29) is 31.1 Å². The van der Waals surface area contributed by atoms with Crippen molar-refractivity contribution in [1.29, 1.82) is 0 Å². The van der Waals surface area contributed by atoms with Crippen molar-refractivity contribution in [2.24, 2.45) is 0 Å². The second kappa shape index (κ2) is 63.1. The van der Waals surface area contributed by atoms with Crippen molar-refractivity contribution in [3.8, 4) is 0 Å². The van der Waals surface area contributed by atoms with Gasteiger partial charge in [0.25, 0.3) is 0 Å². The SMILES string of the molecule is CC/C=C\C/C=C\C/C=C\C/C=C\C/C=C\C/C=C\CCCCCCCCC(=O)OCC(COC(=O)CCCCCCC/C=C\CCC)OC(=O)CCCCCCCCCCCC/C=C\C/C=C\C/C=C\C/C=C\CC. The molecule has 0 aromatic carbocycles. The van der Waals surface area contributed by atoms with Crippen molar-refractivity contribution in [2.45, 2.75) is 277 Å². The van der Waals surface area contributed by atoms with Crippen molar-refractivity contribution >= 4 is 17.9 Å². The lowest BCUT2D eigenvalue weighted by atomic mass is 10.0. The molecular formula is C70H114O6. The molecule has 0 rings (SSSR count). The molecule has 0 aromatic heterocycles. The summed E-state index contributed by atoms with van der Waals surface area (Å²) in [6.45, 7) is 6.33. The molecule has 6 heteroatoms. The van der Waals surface area contributed by atoms with Crippen molar-refractivity contribution in [1.82, 2.24) is 0 Å². The van der Waals surface area contributed by atoms with E-state index in [1.165, 1.54) is 77.0 Å². The van der Waals surface area contributed by atoms with Gasteiger partial charge in [-0.3, -0.25) is 14.4 Å². The Morgan fingerprint density at radius 1 is 0.276 bits per heavy atom. The number of unbranched alkanes of at least 4 members (excludes halogenated alkanes) is 22. The van der Waals surface area contributed by atoms with Crippen LogP contribution in [0.25, 0.3) is 0 Å². The van der Waals surface area contributed by atoms with Crippen molar-refractivity contribution < 1.29 is 28.6 Å². The molecule has 6 nitrogen and oxygen atoms in total. The highest BCUT2D eigenvalue weighted by atomic mass is 16.6. The van der Waals surface area contributed by atoms with Gasteiger partial charge in [0.2, 0.25) is 0 Å². The third-order valence-corrected chi connectivity index (χ3v) is 12.9. The predicted molar refractivity (Wildman–Crippen MR) is 329 cm³/mol. The van der Waals surface area contributed by atoms with Crippen LogP contribution < -0.4 is 0 Å². The first kappa shape index (κ1) is 71.5. The zero-order valence-electron chi connectivity index (χ0n) is 49.2. The maximum atomic E-state index is 12.9. The summed E-state index contributed by atoms with van der Waals surface area (Å²) < 4.78 is 16.9. The van der Waals surface area contributed by atoms with Crippen LogP contribution in [0.15, 0.2) is 134 Å². The first-order valence-corrected chi connectivity index (χ1v) is 31.2. The summed E-state index contributed by atoms with van der Waals surface area (Å²) in [6, 6.07) is 0. The van der Waals surface area contributed by atoms with E-state index in [9.17, 15) is 14.4 Å². The van der Waals surface area contributed by atoms with E-state index in [2.05, 4.69) is 154 Å². The van der Waals surface area contributed by atoms with Gasteiger partial charge in [-0.15, -0.1) is 0 Å². The molecule has 0 amide bonds. The zero-order valence-corrected chi connectivity index (χ0v) is 49.2. The molecule has 0 heterocycles. The number of hydrogen-bond acceptors (Lipinski definition) is 6. The van der Waals surface area contributed by atoms with Crippen LogP contribution in [0.3, 0.4) is 0 Å². The fourth-order valence-electron chi connectivity index (χ4n) is 8.26. The highest BCUT2D eigenvalue weighted by Crippen LogP contribution is 2.15. The Morgan fingerprint density at radius 3 is 0.816 bits per heavy atom. The molecule has 1 unspecified atom stereocenters. The molecule has 0 spiro atoms. The summed E-state index contributed by atoms with van der Waals surface area (Å²) >= 11 is 0. The fraction of sp³-hybridized carbons (Fsp3) is 0.643. The number of esters is 3. The first-order valence-electron chi connectivity index (χ1n) is 31.2. The summed E-state index contributed by atoms with van der Waals surface area (Å²) in [5.41, 5.74) is 0. The molecular weight excluding hydrogens is 937 g/mol. The molecule has 0 saturated heterocycles. The monoisotopic (exact) mass is 1050 g/mol. The molecule has 0 N–H and O–H groups in total. The quantitative estimate of drug-likeness (QED) is 0.0261. The summed E-state index contributed by atoms with van der Waals surface area (Å²) in [5, 5.41) is 0. The standard InChI is InChI=1S/C70H114O6/c1-4-7-10-13-16-19-22-24-26-28-30-32-34-35-37-38-40-42-44-46-48-51-54-57-60-63-69(72)75-66-67(65-74-68(71)62-59-56-53-50-21-18-15-12-9-6-3)76-70(73)64-61-58-55-52-49-47-45-43-41-39-36-33-31-29-27-25-23-20-17-14-11-8-5-2/h7-8,10-12,15-17,19-20,24-27,30-33,35,37,40,42,67H,4-6,9,13-14,18,21-23,28-29,34,36,38-39,41,43-66H2,1-3H3/b10-7-,11-8-,15-12-,19-16-,20-17-,26-24-,27-25-,32-30-,33-31-,37-35-,42-40-. The fourth-order valence-corrected chi connectivity index (χ4v) is 8.26. The number of hydrogen-bond donors (Lipinski definition) is 0. The van der Waals surface area contributed by atoms with Gasteiger partial charge in [0.1, 0.15) is 13.2 Å². The summed E-state index contributed by atoms with van der Waals surface area (Å²) in [6.07, 6.45) is 88.8. The van der Waals surface area contributed by atoms with Gasteiger partial charge in [0.15, 0.2) is 6.10 Å². The van der Waals surface area contributed by atoms with Crippen LogP contribution in [0.1, 0.15) is 271 Å². The number of carbonyl (C=O) groups is 3. The van der Waals surface area contributed by atoms with E-state index in [1.54, 1.807) is 0 Å². The van der Waals surface area contributed by atoms with Gasteiger partial charge >= 0.3 is 17.9 Å². The second-order valence-corrected chi connectivity index (χ2v) is 20.2. The number of rotatable bonds is 55. The molecule has 0 saturated carbocycles. The lowest BCUT2D eigenvalue weighted by Gasteiger charge is -2.18. The Hall–Kier alpha value is -4.45. The number of carbonyl (C=O) groups excluding carboxylic acids is 3. The lowest BCUT2D eigenvalue weighted by Crippen LogP contribution is -2.30. The number of allylic oxidation sites excluding steroid dienone is 22. The zero-order chi connectivity index (χ0) is 55.0. The molecule has 0 aliphatic carbocycles. The minimum atomic E-state index is -0.795. The van der Waals surface area contributed by atoms with Gasteiger partial charge in [0, 0.05) is 19.3 Å². The molecule has 0 aliphatic heterocycles. The van der Waals surface area contributed by atoms with E-state index in [4.69, 9.17) is 14.2 Å². The Bertz CT molecular complexity index is 1630. The first-order chi connectivity index (χ1) is 37.5. The topological polar surface area (TPSA) is 78.9 Å². The highest BCUT2D eigenvalue weighted by Gasteiger charge is 2.19. The maximum Gasteiger partial charge on any atom is 0.306 e. The third kappa shape index (κ3) is 60.4. The predicted octanol–water partition coefficient (Wildman–Crippen LogP) is 21.4. The van der Waals surface area contributed by atoms with Crippen LogP contribution in [0, 0.1) is 0 Å². The minimum absolute atomic E-state index is 0.0923. The van der Waals surface area contributed by atoms with Crippen LogP contribution >= 0.6 is 0 Å². The molecule has 430 valence electrons. The van der Waals surface area contributed by atoms with E-state index in [0.717, 1.165) is 154 Å². The van der Waals surface area contributed by atoms with Crippen molar-refractivity contribution in [3.05, 3.63) is 134 Å².